The SMILES string of the molecule is Cl[Si]1(c2ccccc2)C[Si](Cl)(c2ccccc2)C[Si](Cl)(c2ccccc2)C1. The van der Waals surface area contributed by atoms with Crippen molar-refractivity contribution >= 4 is 70.9 Å². The largest absolute Gasteiger partial charge is 0.184 e. The van der Waals surface area contributed by atoms with Crippen molar-refractivity contribution in [2.24, 2.45) is 0 Å². The van der Waals surface area contributed by atoms with Crippen LogP contribution in [0.5, 0.6) is 0 Å². The predicted molar refractivity (Wildman–Crippen MR) is 127 cm³/mol. The number of benzene rings is 3. The van der Waals surface area contributed by atoms with Crippen LogP contribution >= 0.6 is 33.2 Å². The molecule has 138 valence electrons. The standard InChI is InChI=1S/C21H21Cl3Si3/c22-25(19-10-4-1-5-11-19)16-26(23,20-12-6-2-7-13-20)18-27(24,17-25)21-14-8-3-9-15-21/h1-15H,16-18H2. The summed E-state index contributed by atoms with van der Waals surface area (Å²) in [4.78, 5) is 0. The van der Waals surface area contributed by atoms with Crippen LogP contribution in [-0.2, 0) is 0 Å². The average Bonchev–Trinajstić information content (AvgIpc) is 2.69. The van der Waals surface area contributed by atoms with E-state index < -0.39 is 22.2 Å². The van der Waals surface area contributed by atoms with E-state index in [2.05, 4.69) is 72.8 Å². The molecule has 0 nitrogen and oxygen atoms in total. The van der Waals surface area contributed by atoms with Crippen LogP contribution < -0.4 is 15.6 Å². The summed E-state index contributed by atoms with van der Waals surface area (Å²) in [6, 6.07) is 31.7. The zero-order valence-electron chi connectivity index (χ0n) is 14.9. The summed E-state index contributed by atoms with van der Waals surface area (Å²) in [6.45, 7) is 0. The van der Waals surface area contributed by atoms with E-state index in [1.54, 1.807) is 0 Å². The third-order valence-electron chi connectivity index (χ3n) is 5.55. The van der Waals surface area contributed by atoms with Gasteiger partial charge in [-0.1, -0.05) is 91.0 Å². The summed E-state index contributed by atoms with van der Waals surface area (Å²) in [7, 11) is -6.95. The summed E-state index contributed by atoms with van der Waals surface area (Å²) in [5, 5.41) is 3.81. The molecule has 0 saturated carbocycles. The van der Waals surface area contributed by atoms with Gasteiger partial charge >= 0.3 is 0 Å². The van der Waals surface area contributed by atoms with Gasteiger partial charge in [0.05, 0.1) is 0 Å². The average molecular weight is 464 g/mol. The first-order valence-electron chi connectivity index (χ1n) is 9.17. The molecule has 1 aliphatic heterocycles. The van der Waals surface area contributed by atoms with Gasteiger partial charge in [-0.05, 0) is 32.6 Å². The van der Waals surface area contributed by atoms with Crippen LogP contribution in [0.15, 0.2) is 91.0 Å². The molecule has 1 fully saturated rings. The summed E-state index contributed by atoms with van der Waals surface area (Å²) < 4.78 is 0. The lowest BCUT2D eigenvalue weighted by atomic mass is 10.4. The van der Waals surface area contributed by atoms with Gasteiger partial charge in [-0.25, -0.2) is 0 Å². The minimum absolute atomic E-state index is 0.936. The molecule has 0 radical (unpaired) electrons. The number of hydrogen-bond acceptors (Lipinski definition) is 0. The molecule has 0 atom stereocenters. The van der Waals surface area contributed by atoms with Crippen molar-refractivity contribution in [3.63, 3.8) is 0 Å². The Morgan fingerprint density at radius 2 is 0.630 bits per heavy atom. The van der Waals surface area contributed by atoms with Crippen LogP contribution in [0.2, 0.25) is 17.0 Å². The second-order valence-corrected chi connectivity index (χ2v) is 25.8. The number of rotatable bonds is 3. The van der Waals surface area contributed by atoms with Gasteiger partial charge in [-0.15, -0.1) is 0 Å². The van der Waals surface area contributed by atoms with Crippen molar-refractivity contribution in [1.82, 2.24) is 0 Å². The molecule has 0 aromatic heterocycles. The summed E-state index contributed by atoms with van der Waals surface area (Å²) >= 11 is 22.5. The molecule has 1 heterocycles. The van der Waals surface area contributed by atoms with Crippen LogP contribution in [0.25, 0.3) is 0 Å². The lowest BCUT2D eigenvalue weighted by Crippen LogP contribution is -2.68. The minimum atomic E-state index is -2.32. The van der Waals surface area contributed by atoms with Crippen LogP contribution in [0, 0.1) is 0 Å². The second kappa shape index (κ2) is 7.54. The van der Waals surface area contributed by atoms with Gasteiger partial charge in [0.2, 0.25) is 0 Å². The van der Waals surface area contributed by atoms with E-state index in [9.17, 15) is 0 Å². The quantitative estimate of drug-likeness (QED) is 0.383. The third-order valence-corrected chi connectivity index (χ3v) is 32.3. The summed E-state index contributed by atoms with van der Waals surface area (Å²) in [6.07, 6.45) is 0. The van der Waals surface area contributed by atoms with Crippen LogP contribution in [-0.4, -0.2) is 22.2 Å². The molecule has 6 heteroatoms. The molecule has 27 heavy (non-hydrogen) atoms. The first-order chi connectivity index (χ1) is 12.9. The monoisotopic (exact) mass is 462 g/mol. The Hall–Kier alpha value is -0.819. The minimum Gasteiger partial charge on any atom is -0.161 e. The van der Waals surface area contributed by atoms with Gasteiger partial charge in [-0.3, -0.25) is 0 Å². The maximum absolute atomic E-state index is 7.51. The van der Waals surface area contributed by atoms with E-state index in [0.29, 0.717) is 0 Å². The fourth-order valence-corrected chi connectivity index (χ4v) is 42.4. The Labute approximate surface area is 178 Å². The Morgan fingerprint density at radius 3 is 0.852 bits per heavy atom. The van der Waals surface area contributed by atoms with Crippen molar-refractivity contribution in [2.75, 3.05) is 0 Å². The van der Waals surface area contributed by atoms with Crippen molar-refractivity contribution < 1.29 is 0 Å². The van der Waals surface area contributed by atoms with Crippen molar-refractivity contribution in [3.05, 3.63) is 91.0 Å². The van der Waals surface area contributed by atoms with Gasteiger partial charge in [-0.2, -0.15) is 33.2 Å². The molecule has 4 rings (SSSR count). The third kappa shape index (κ3) is 3.86. The van der Waals surface area contributed by atoms with Gasteiger partial charge in [0, 0.05) is 0 Å². The molecule has 0 unspecified atom stereocenters. The highest BCUT2D eigenvalue weighted by Gasteiger charge is 2.59. The maximum atomic E-state index is 7.51. The second-order valence-electron chi connectivity index (χ2n) is 7.52. The Morgan fingerprint density at radius 1 is 0.407 bits per heavy atom. The van der Waals surface area contributed by atoms with Gasteiger partial charge in [0.15, 0.2) is 22.2 Å². The lowest BCUT2D eigenvalue weighted by molar-refractivity contribution is 1.50. The highest BCUT2D eigenvalue weighted by atomic mass is 35.6. The Kier molecular flexibility index (Phi) is 5.45. The molecule has 0 amide bonds. The Balaban J connectivity index is 1.85. The van der Waals surface area contributed by atoms with E-state index >= 15 is 0 Å². The van der Waals surface area contributed by atoms with Crippen LogP contribution in [0.4, 0.5) is 0 Å². The van der Waals surface area contributed by atoms with Crippen molar-refractivity contribution in [1.29, 1.82) is 0 Å². The van der Waals surface area contributed by atoms with E-state index in [4.69, 9.17) is 33.2 Å². The molecule has 0 spiro atoms. The zero-order valence-corrected chi connectivity index (χ0v) is 20.2. The zero-order chi connectivity index (χ0) is 19.0. The van der Waals surface area contributed by atoms with Gasteiger partial charge < -0.3 is 0 Å². The molecule has 0 N–H and O–H groups in total. The summed E-state index contributed by atoms with van der Waals surface area (Å²) in [5.41, 5.74) is 2.81. The molecular formula is C21H21Cl3Si3. The van der Waals surface area contributed by atoms with Crippen LogP contribution in [0.1, 0.15) is 0 Å². The van der Waals surface area contributed by atoms with Crippen molar-refractivity contribution in [3.8, 4) is 0 Å². The normalized spacial score (nSPS) is 30.8. The topological polar surface area (TPSA) is 0 Å². The predicted octanol–water partition coefficient (Wildman–Crippen LogP) is 4.89. The van der Waals surface area contributed by atoms with E-state index in [-0.39, 0.29) is 0 Å². The van der Waals surface area contributed by atoms with E-state index in [1.165, 1.54) is 15.6 Å². The molecule has 0 bridgehead atoms. The molecule has 1 aliphatic rings. The summed E-state index contributed by atoms with van der Waals surface area (Å²) in [5.74, 6) is 0. The fraction of sp³-hybridized carbons (Fsp3) is 0.143. The van der Waals surface area contributed by atoms with Gasteiger partial charge in [0.25, 0.3) is 0 Å². The first kappa shape index (κ1) is 19.5. The van der Waals surface area contributed by atoms with Crippen molar-refractivity contribution in [2.45, 2.75) is 17.0 Å². The lowest BCUT2D eigenvalue weighted by Gasteiger charge is -2.46. The highest BCUT2D eigenvalue weighted by molar-refractivity contribution is 7.52. The van der Waals surface area contributed by atoms with E-state index in [0.717, 1.165) is 17.0 Å². The molecule has 3 aromatic carbocycles. The maximum Gasteiger partial charge on any atom is 0.184 e. The molecule has 1 saturated heterocycles. The highest BCUT2D eigenvalue weighted by Crippen LogP contribution is 2.45. The number of hydrogen-bond donors (Lipinski definition) is 0. The van der Waals surface area contributed by atoms with Gasteiger partial charge in [0.1, 0.15) is 0 Å². The number of halogens is 3. The molecule has 0 aliphatic carbocycles. The Bertz CT molecular complexity index is 775. The smallest absolute Gasteiger partial charge is 0.161 e. The fourth-order valence-electron chi connectivity index (χ4n) is 4.34. The first-order valence-corrected chi connectivity index (χ1v) is 19.4. The molecular weight excluding hydrogens is 443 g/mol. The molecule has 3 aromatic rings. The van der Waals surface area contributed by atoms with Crippen LogP contribution in [0.3, 0.4) is 0 Å². The van der Waals surface area contributed by atoms with E-state index in [1.807, 2.05) is 18.2 Å².